The van der Waals surface area contributed by atoms with Crippen LogP contribution in [0, 0.1) is 0 Å². The molecule has 0 unspecified atom stereocenters. The average Bonchev–Trinajstić information content (AvgIpc) is 2.38. The van der Waals surface area contributed by atoms with Crippen LogP contribution in [0.5, 0.6) is 0 Å². The zero-order chi connectivity index (χ0) is 11.2. The molecular formula is C11H18N4O. The molecule has 5 nitrogen and oxygen atoms in total. The molecule has 2 heterocycles. The first-order valence-corrected chi connectivity index (χ1v) is 5.74. The third-order valence-electron chi connectivity index (χ3n) is 2.68. The van der Waals surface area contributed by atoms with Crippen molar-refractivity contribution in [3.8, 4) is 0 Å². The zero-order valence-corrected chi connectivity index (χ0v) is 9.43. The molecule has 1 saturated heterocycles. The Morgan fingerprint density at radius 3 is 2.88 bits per heavy atom. The van der Waals surface area contributed by atoms with Gasteiger partial charge in [-0.15, -0.1) is 0 Å². The molecule has 5 heteroatoms. The van der Waals surface area contributed by atoms with E-state index in [1.807, 2.05) is 0 Å². The van der Waals surface area contributed by atoms with Crippen molar-refractivity contribution < 1.29 is 4.74 Å². The molecule has 2 N–H and O–H groups in total. The predicted molar refractivity (Wildman–Crippen MR) is 62.4 cm³/mol. The topological polar surface area (TPSA) is 64.3 Å². The fourth-order valence-corrected chi connectivity index (χ4v) is 1.77. The highest BCUT2D eigenvalue weighted by Gasteiger charge is 2.12. The van der Waals surface area contributed by atoms with Gasteiger partial charge in [0.25, 0.3) is 0 Å². The summed E-state index contributed by atoms with van der Waals surface area (Å²) in [6.45, 7) is 4.09. The lowest BCUT2D eigenvalue weighted by Crippen LogP contribution is -2.36. The Balaban J connectivity index is 2.02. The molecule has 1 fully saturated rings. The summed E-state index contributed by atoms with van der Waals surface area (Å²) in [4.78, 5) is 10.8. The van der Waals surface area contributed by atoms with Crippen LogP contribution < -0.4 is 10.6 Å². The smallest absolute Gasteiger partial charge is 0.132 e. The van der Waals surface area contributed by atoms with Gasteiger partial charge in [-0.1, -0.05) is 0 Å². The van der Waals surface area contributed by atoms with Crippen molar-refractivity contribution in [1.29, 1.82) is 0 Å². The summed E-state index contributed by atoms with van der Waals surface area (Å²) < 4.78 is 5.31. The van der Waals surface area contributed by atoms with E-state index in [-0.39, 0.29) is 0 Å². The molecule has 0 spiro atoms. The number of ether oxygens (including phenoxy) is 1. The van der Waals surface area contributed by atoms with Crippen molar-refractivity contribution in [2.24, 2.45) is 5.73 Å². The fourth-order valence-electron chi connectivity index (χ4n) is 1.77. The largest absolute Gasteiger partial charge is 0.378 e. The van der Waals surface area contributed by atoms with Gasteiger partial charge in [0.05, 0.1) is 13.2 Å². The van der Waals surface area contributed by atoms with Crippen molar-refractivity contribution in [2.45, 2.75) is 12.8 Å². The van der Waals surface area contributed by atoms with Gasteiger partial charge in [-0.05, 0) is 19.4 Å². The van der Waals surface area contributed by atoms with E-state index in [1.54, 1.807) is 6.33 Å². The van der Waals surface area contributed by atoms with Gasteiger partial charge in [0.15, 0.2) is 0 Å². The molecule has 1 aliphatic rings. The van der Waals surface area contributed by atoms with Gasteiger partial charge in [0.1, 0.15) is 12.1 Å². The lowest BCUT2D eigenvalue weighted by molar-refractivity contribution is 0.122. The second-order valence-corrected chi connectivity index (χ2v) is 3.86. The van der Waals surface area contributed by atoms with Crippen LogP contribution in [0.2, 0.25) is 0 Å². The number of hydrogen-bond donors (Lipinski definition) is 1. The standard InChI is InChI=1S/C11H18N4O/c12-3-1-2-10-8-11(14-9-13-10)15-4-6-16-7-5-15/h8-9H,1-7,12H2. The number of nitrogens with zero attached hydrogens (tertiary/aromatic N) is 3. The number of rotatable bonds is 4. The van der Waals surface area contributed by atoms with Gasteiger partial charge in [-0.2, -0.15) is 0 Å². The van der Waals surface area contributed by atoms with Crippen LogP contribution >= 0.6 is 0 Å². The quantitative estimate of drug-likeness (QED) is 0.788. The van der Waals surface area contributed by atoms with E-state index in [2.05, 4.69) is 20.9 Å². The van der Waals surface area contributed by atoms with Crippen LogP contribution in [0.4, 0.5) is 5.82 Å². The summed E-state index contributed by atoms with van der Waals surface area (Å²) >= 11 is 0. The second-order valence-electron chi connectivity index (χ2n) is 3.86. The summed E-state index contributed by atoms with van der Waals surface area (Å²) in [6, 6.07) is 2.06. The van der Waals surface area contributed by atoms with Gasteiger partial charge >= 0.3 is 0 Å². The van der Waals surface area contributed by atoms with Gasteiger partial charge in [-0.25, -0.2) is 9.97 Å². The lowest BCUT2D eigenvalue weighted by Gasteiger charge is -2.27. The van der Waals surface area contributed by atoms with E-state index in [4.69, 9.17) is 10.5 Å². The minimum absolute atomic E-state index is 0.705. The van der Waals surface area contributed by atoms with Crippen LogP contribution in [-0.2, 0) is 11.2 Å². The second kappa shape index (κ2) is 5.77. The van der Waals surface area contributed by atoms with Gasteiger partial charge < -0.3 is 15.4 Å². The molecule has 0 saturated carbocycles. The maximum absolute atomic E-state index is 5.49. The Bertz CT molecular complexity index is 326. The average molecular weight is 222 g/mol. The number of anilines is 1. The predicted octanol–water partition coefficient (Wildman–Crippen LogP) is 0.204. The van der Waals surface area contributed by atoms with Crippen LogP contribution in [0.1, 0.15) is 12.1 Å². The van der Waals surface area contributed by atoms with E-state index in [0.29, 0.717) is 6.54 Å². The Labute approximate surface area is 95.6 Å². The molecule has 1 aromatic heterocycles. The van der Waals surface area contributed by atoms with Gasteiger partial charge in [0, 0.05) is 24.8 Å². The van der Waals surface area contributed by atoms with Crippen molar-refractivity contribution in [1.82, 2.24) is 9.97 Å². The Kier molecular flexibility index (Phi) is 4.07. The highest BCUT2D eigenvalue weighted by molar-refractivity contribution is 5.39. The van der Waals surface area contributed by atoms with E-state index < -0.39 is 0 Å². The van der Waals surface area contributed by atoms with Crippen LogP contribution in [0.3, 0.4) is 0 Å². The van der Waals surface area contributed by atoms with Crippen LogP contribution in [0.15, 0.2) is 12.4 Å². The molecule has 0 aromatic carbocycles. The first-order valence-electron chi connectivity index (χ1n) is 5.74. The SMILES string of the molecule is NCCCc1cc(N2CCOCC2)ncn1. The monoisotopic (exact) mass is 222 g/mol. The molecule has 0 aliphatic carbocycles. The molecule has 2 rings (SSSR count). The molecule has 0 amide bonds. The van der Waals surface area contributed by atoms with Crippen molar-refractivity contribution in [3.05, 3.63) is 18.1 Å². The fraction of sp³-hybridized carbons (Fsp3) is 0.636. The Morgan fingerprint density at radius 1 is 1.31 bits per heavy atom. The summed E-state index contributed by atoms with van der Waals surface area (Å²) in [5, 5.41) is 0. The molecule has 88 valence electrons. The van der Waals surface area contributed by atoms with Gasteiger partial charge in [-0.3, -0.25) is 0 Å². The highest BCUT2D eigenvalue weighted by Crippen LogP contribution is 2.13. The molecule has 0 radical (unpaired) electrons. The molecule has 1 aliphatic heterocycles. The Hall–Kier alpha value is -1.20. The molecule has 0 bridgehead atoms. The van der Waals surface area contributed by atoms with Crippen LogP contribution in [-0.4, -0.2) is 42.8 Å². The number of hydrogen-bond acceptors (Lipinski definition) is 5. The number of aryl methyl sites for hydroxylation is 1. The molecule has 16 heavy (non-hydrogen) atoms. The van der Waals surface area contributed by atoms with Crippen molar-refractivity contribution >= 4 is 5.82 Å². The minimum Gasteiger partial charge on any atom is -0.378 e. The third-order valence-corrected chi connectivity index (χ3v) is 2.68. The lowest BCUT2D eigenvalue weighted by atomic mass is 10.2. The highest BCUT2D eigenvalue weighted by atomic mass is 16.5. The summed E-state index contributed by atoms with van der Waals surface area (Å²) in [7, 11) is 0. The van der Waals surface area contributed by atoms with Crippen molar-refractivity contribution in [2.75, 3.05) is 37.7 Å². The van der Waals surface area contributed by atoms with Crippen molar-refractivity contribution in [3.63, 3.8) is 0 Å². The van der Waals surface area contributed by atoms with Gasteiger partial charge in [0.2, 0.25) is 0 Å². The molecular weight excluding hydrogens is 204 g/mol. The van der Waals surface area contributed by atoms with E-state index in [1.165, 1.54) is 0 Å². The molecule has 1 aromatic rings. The number of morpholine rings is 1. The molecule has 0 atom stereocenters. The van der Waals surface area contributed by atoms with E-state index in [0.717, 1.165) is 50.7 Å². The summed E-state index contributed by atoms with van der Waals surface area (Å²) in [5.41, 5.74) is 6.56. The number of nitrogens with two attached hydrogens (primary N) is 1. The minimum atomic E-state index is 0.705. The zero-order valence-electron chi connectivity index (χ0n) is 9.43. The number of aromatic nitrogens is 2. The maximum Gasteiger partial charge on any atom is 0.132 e. The van der Waals surface area contributed by atoms with E-state index >= 15 is 0 Å². The Morgan fingerprint density at radius 2 is 2.12 bits per heavy atom. The maximum atomic E-state index is 5.49. The summed E-state index contributed by atoms with van der Waals surface area (Å²) in [6.07, 6.45) is 3.53. The first-order chi connectivity index (χ1) is 7.90. The first kappa shape index (κ1) is 11.3. The summed E-state index contributed by atoms with van der Waals surface area (Å²) in [5.74, 6) is 1.00. The third kappa shape index (κ3) is 2.90. The normalized spacial score (nSPS) is 16.4. The van der Waals surface area contributed by atoms with Crippen LogP contribution in [0.25, 0.3) is 0 Å². The van der Waals surface area contributed by atoms with E-state index in [9.17, 15) is 0 Å².